The van der Waals surface area contributed by atoms with Crippen molar-refractivity contribution in [3.8, 4) is 22.5 Å². The molecule has 3 aliphatic carbocycles. The maximum Gasteiger partial charge on any atom is 0.202 e. The summed E-state index contributed by atoms with van der Waals surface area (Å²) >= 11 is 0. The van der Waals surface area contributed by atoms with Gasteiger partial charge in [0.15, 0.2) is 5.66 Å². The highest BCUT2D eigenvalue weighted by atomic mass is 16.3. The van der Waals surface area contributed by atoms with Gasteiger partial charge in [0.25, 0.3) is 0 Å². The Morgan fingerprint density at radius 1 is 0.431 bits per heavy atom. The SMILES string of the molecule is O=C1C(c2ccc3cccc4c3c2NC2(N4)c3ccccc3-c3nc4cc5ccccc5cc4nc32)=C(O)C1=c1ccc2cccc3c2c1=NC1(N3)c2ccccc2-c2nc3cc4ccccc4cc3nc21. The minimum atomic E-state index is -1.19. The zero-order chi connectivity index (χ0) is 47.2. The molecule has 0 amide bonds. The molecule has 334 valence electrons. The molecule has 0 radical (unpaired) electrons. The zero-order valence-electron chi connectivity index (χ0n) is 37.9. The highest BCUT2D eigenvalue weighted by Crippen LogP contribution is 2.55. The summed E-state index contributed by atoms with van der Waals surface area (Å²) in [6.45, 7) is 0. The molecule has 10 heteroatoms. The number of rotatable bonds is 1. The molecule has 12 aromatic rings. The average Bonchev–Trinajstić information content (AvgIpc) is 3.81. The fraction of sp³-hybridized carbons (Fsp3) is 0.0323. The van der Waals surface area contributed by atoms with Crippen LogP contribution in [0.4, 0.5) is 17.1 Å². The number of fused-ring (bicyclic) bond motifs is 14. The van der Waals surface area contributed by atoms with Gasteiger partial charge in [0, 0.05) is 55.2 Å². The van der Waals surface area contributed by atoms with Gasteiger partial charge >= 0.3 is 0 Å². The maximum atomic E-state index is 15.3. The molecule has 2 unspecified atom stereocenters. The van der Waals surface area contributed by atoms with Gasteiger partial charge in [-0.2, -0.15) is 0 Å². The van der Waals surface area contributed by atoms with Gasteiger partial charge in [0.05, 0.1) is 55.6 Å². The minimum Gasteiger partial charge on any atom is -0.506 e. The molecule has 2 spiro atoms. The number of aliphatic hydroxyl groups is 1. The molecule has 10 aromatic carbocycles. The Balaban J connectivity index is 0.885. The Bertz CT molecular complexity index is 4800. The Morgan fingerprint density at radius 2 is 0.958 bits per heavy atom. The van der Waals surface area contributed by atoms with E-state index in [0.717, 1.165) is 116 Å². The number of carbonyl (C=O) groups is 1. The van der Waals surface area contributed by atoms with Gasteiger partial charge in [-0.25, -0.2) is 24.9 Å². The van der Waals surface area contributed by atoms with Crippen molar-refractivity contribution in [3.63, 3.8) is 0 Å². The van der Waals surface area contributed by atoms with Crippen molar-refractivity contribution in [2.75, 3.05) is 16.0 Å². The number of anilines is 3. The number of aromatic nitrogens is 4. The third kappa shape index (κ3) is 4.69. The summed E-state index contributed by atoms with van der Waals surface area (Å²) in [5.41, 5.74) is 11.0. The van der Waals surface area contributed by atoms with Crippen LogP contribution >= 0.6 is 0 Å². The normalized spacial score (nSPS) is 19.3. The van der Waals surface area contributed by atoms with E-state index in [-0.39, 0.29) is 22.7 Å². The van der Waals surface area contributed by atoms with Crippen LogP contribution in [0.2, 0.25) is 0 Å². The van der Waals surface area contributed by atoms with Crippen LogP contribution in [0.3, 0.4) is 0 Å². The van der Waals surface area contributed by atoms with Crippen LogP contribution in [0.15, 0.2) is 193 Å². The second-order valence-corrected chi connectivity index (χ2v) is 19.4. The van der Waals surface area contributed by atoms with E-state index in [4.69, 9.17) is 24.9 Å². The van der Waals surface area contributed by atoms with Gasteiger partial charge in [0.1, 0.15) is 17.1 Å². The number of nitrogens with one attached hydrogen (secondary N) is 3. The van der Waals surface area contributed by atoms with E-state index in [9.17, 15) is 5.11 Å². The molecule has 0 fully saturated rings. The highest BCUT2D eigenvalue weighted by molar-refractivity contribution is 6.52. The van der Waals surface area contributed by atoms with Crippen LogP contribution in [0.1, 0.15) is 28.1 Å². The van der Waals surface area contributed by atoms with Crippen LogP contribution in [-0.4, -0.2) is 30.8 Å². The summed E-state index contributed by atoms with van der Waals surface area (Å²) in [7, 11) is 0. The van der Waals surface area contributed by atoms with E-state index in [1.165, 1.54) is 0 Å². The predicted molar refractivity (Wildman–Crippen MR) is 284 cm³/mol. The number of carbonyl (C=O) groups excluding carboxylic acids is 1. The van der Waals surface area contributed by atoms with Gasteiger partial charge in [-0.05, 0) is 68.7 Å². The van der Waals surface area contributed by atoms with Crippen LogP contribution in [0.25, 0.3) is 98.8 Å². The number of nitrogens with zero attached hydrogens (tertiary/aromatic N) is 5. The molecule has 5 aliphatic rings. The van der Waals surface area contributed by atoms with Gasteiger partial charge in [-0.1, -0.05) is 146 Å². The van der Waals surface area contributed by atoms with Crippen LogP contribution in [0.5, 0.6) is 0 Å². The summed E-state index contributed by atoms with van der Waals surface area (Å²) in [4.78, 5) is 42.4. The van der Waals surface area contributed by atoms with Gasteiger partial charge in [-0.3, -0.25) is 4.79 Å². The molecule has 10 nitrogen and oxygen atoms in total. The summed E-state index contributed by atoms with van der Waals surface area (Å²) in [5.74, 6) is -0.367. The lowest BCUT2D eigenvalue weighted by atomic mass is 9.79. The van der Waals surface area contributed by atoms with Crippen molar-refractivity contribution in [2.24, 2.45) is 4.99 Å². The lowest BCUT2D eigenvalue weighted by Gasteiger charge is -2.40. The zero-order valence-corrected chi connectivity index (χ0v) is 37.9. The Morgan fingerprint density at radius 3 is 1.62 bits per heavy atom. The number of aliphatic hydroxyl groups excluding tert-OH is 1. The van der Waals surface area contributed by atoms with E-state index in [2.05, 4.69) is 101 Å². The van der Waals surface area contributed by atoms with Crippen molar-refractivity contribution in [1.82, 2.24) is 19.9 Å². The summed E-state index contributed by atoms with van der Waals surface area (Å²) in [5, 5.41) is 33.5. The number of hydrogen-bond acceptors (Lipinski definition) is 10. The van der Waals surface area contributed by atoms with E-state index in [1.807, 2.05) is 97.1 Å². The van der Waals surface area contributed by atoms with Crippen molar-refractivity contribution < 1.29 is 9.90 Å². The number of allylic oxidation sites excluding steroid dienone is 2. The molecule has 4 heterocycles. The lowest BCUT2D eigenvalue weighted by molar-refractivity contribution is -0.109. The summed E-state index contributed by atoms with van der Waals surface area (Å²) < 4.78 is 0. The molecule has 0 saturated heterocycles. The van der Waals surface area contributed by atoms with Crippen molar-refractivity contribution in [1.29, 1.82) is 0 Å². The number of Topliss-reactive ketones (excluding diaryl/α,β-unsaturated/α-hetero) is 1. The molecule has 2 atom stereocenters. The standard InChI is InChI=1S/C62H34N8O2/c71-57-51(39-25-23-31-15-9-21-43-49(31)53(39)69-61(67-43)41-19-7-5-17-37(41)55-59(61)65-47-29-35-13-3-1-11-33(35)27-45(47)63-55)58(72)52(57)40-26-24-32-16-10-22-44-50(32)54(40)70-62(68-44)42-20-8-6-18-38(42)56-60(62)66-48-30-36-14-4-2-12-34(36)28-46(48)64-56/h1-30,67-69,71H. The number of benzene rings is 10. The maximum absolute atomic E-state index is 15.3. The fourth-order valence-corrected chi connectivity index (χ4v) is 12.5. The Hall–Kier alpha value is -9.80. The number of ketones is 1. The second-order valence-electron chi connectivity index (χ2n) is 19.4. The predicted octanol–water partition coefficient (Wildman–Crippen LogP) is 11.5. The Labute approximate surface area is 408 Å². The molecular weight excluding hydrogens is 889 g/mol. The van der Waals surface area contributed by atoms with E-state index < -0.39 is 11.3 Å². The molecule has 72 heavy (non-hydrogen) atoms. The smallest absolute Gasteiger partial charge is 0.202 e. The molecule has 2 aliphatic heterocycles. The van der Waals surface area contributed by atoms with Crippen LogP contribution in [0, 0.1) is 0 Å². The third-order valence-corrected chi connectivity index (χ3v) is 15.7. The molecule has 2 aromatic heterocycles. The highest BCUT2D eigenvalue weighted by Gasteiger charge is 2.51. The molecule has 17 rings (SSSR count). The first-order chi connectivity index (χ1) is 35.4. The molecule has 0 bridgehead atoms. The Kier molecular flexibility index (Phi) is 6.92. The van der Waals surface area contributed by atoms with E-state index in [1.54, 1.807) is 0 Å². The van der Waals surface area contributed by atoms with E-state index >= 15 is 4.79 Å². The fourth-order valence-electron chi connectivity index (χ4n) is 12.5. The van der Waals surface area contributed by atoms with Crippen LogP contribution < -0.4 is 26.5 Å². The summed E-state index contributed by atoms with van der Waals surface area (Å²) in [6.07, 6.45) is 0. The monoisotopic (exact) mass is 922 g/mol. The molecule has 4 N–H and O–H groups in total. The first-order valence-corrected chi connectivity index (χ1v) is 24.1. The van der Waals surface area contributed by atoms with Gasteiger partial charge < -0.3 is 21.1 Å². The van der Waals surface area contributed by atoms with Gasteiger partial charge in [-0.15, -0.1) is 0 Å². The second kappa shape index (κ2) is 13.1. The van der Waals surface area contributed by atoms with Crippen LogP contribution in [-0.2, 0) is 16.1 Å². The van der Waals surface area contributed by atoms with E-state index in [0.29, 0.717) is 27.5 Å². The first kappa shape index (κ1) is 38.1. The topological polar surface area (TPSA) is 137 Å². The average molecular weight is 923 g/mol. The quantitative estimate of drug-likeness (QED) is 0.119. The lowest BCUT2D eigenvalue weighted by Crippen LogP contribution is -2.46. The summed E-state index contributed by atoms with van der Waals surface area (Å²) in [6, 6.07) is 61.4. The number of hydrogen-bond donors (Lipinski definition) is 4. The van der Waals surface area contributed by atoms with Gasteiger partial charge in [0.2, 0.25) is 11.4 Å². The molecule has 0 saturated carbocycles. The first-order valence-electron chi connectivity index (χ1n) is 24.1. The largest absolute Gasteiger partial charge is 0.506 e. The van der Waals surface area contributed by atoms with Crippen molar-refractivity contribution in [2.45, 2.75) is 11.3 Å². The minimum absolute atomic E-state index is 0.0897. The van der Waals surface area contributed by atoms with Crippen molar-refractivity contribution >= 4 is 99.1 Å². The van der Waals surface area contributed by atoms with Crippen molar-refractivity contribution in [3.05, 3.63) is 226 Å². The third-order valence-electron chi connectivity index (χ3n) is 15.7. The molecular formula is C62H34N8O2.